The minimum atomic E-state index is -1.73. The van der Waals surface area contributed by atoms with Crippen LogP contribution in [0.1, 0.15) is 37.4 Å². The van der Waals surface area contributed by atoms with Gasteiger partial charge in [0.2, 0.25) is 5.91 Å². The van der Waals surface area contributed by atoms with Crippen LogP contribution in [0, 0.1) is 28.7 Å². The standard InChI is InChI=1S/C27H29F5N4O3/c1-39-17-2-3-23-18(14-17)24(22(31)15-34-23)19(28)4-5-27(26(37)35-38)6-9-36(10-7-27)11-8-33-16-12-20(29)25(32)21(30)13-16/h2-3,12-15,19,33,38H,4-11H2,1H3,(H,35,37)/t19-/m1/s1. The molecule has 0 aliphatic carbocycles. The van der Waals surface area contributed by atoms with E-state index in [-0.39, 0.29) is 29.5 Å². The number of amides is 1. The van der Waals surface area contributed by atoms with E-state index in [1.807, 2.05) is 4.90 Å². The lowest BCUT2D eigenvalue weighted by Gasteiger charge is -2.40. The van der Waals surface area contributed by atoms with Gasteiger partial charge in [-0.15, -0.1) is 0 Å². The van der Waals surface area contributed by atoms with Crippen LogP contribution < -0.4 is 15.5 Å². The molecule has 4 rings (SSSR count). The molecule has 1 saturated heterocycles. The summed E-state index contributed by atoms with van der Waals surface area (Å²) in [7, 11) is 1.45. The smallest absolute Gasteiger partial charge is 0.249 e. The Hall–Kier alpha value is -3.51. The van der Waals surface area contributed by atoms with Gasteiger partial charge in [-0.2, -0.15) is 0 Å². The van der Waals surface area contributed by atoms with Crippen molar-refractivity contribution in [2.75, 3.05) is 38.6 Å². The molecule has 3 N–H and O–H groups in total. The second-order valence-corrected chi connectivity index (χ2v) is 9.65. The Morgan fingerprint density at radius 1 is 1.13 bits per heavy atom. The summed E-state index contributed by atoms with van der Waals surface area (Å²) >= 11 is 0. The molecule has 1 aliphatic rings. The largest absolute Gasteiger partial charge is 0.497 e. The Morgan fingerprint density at radius 2 is 1.82 bits per heavy atom. The molecule has 7 nitrogen and oxygen atoms in total. The monoisotopic (exact) mass is 552 g/mol. The van der Waals surface area contributed by atoms with E-state index in [9.17, 15) is 27.6 Å². The van der Waals surface area contributed by atoms with E-state index in [1.54, 1.807) is 17.6 Å². The molecule has 0 bridgehead atoms. The number of nitrogens with zero attached hydrogens (tertiary/aromatic N) is 2. The van der Waals surface area contributed by atoms with Crippen molar-refractivity contribution in [3.8, 4) is 5.75 Å². The van der Waals surface area contributed by atoms with Gasteiger partial charge < -0.3 is 15.0 Å². The molecule has 0 saturated carbocycles. The fourth-order valence-electron chi connectivity index (χ4n) is 5.09. The molecule has 1 atom stereocenters. The number of hydrogen-bond donors (Lipinski definition) is 3. The van der Waals surface area contributed by atoms with Gasteiger partial charge in [0.15, 0.2) is 17.5 Å². The molecule has 0 radical (unpaired) electrons. The van der Waals surface area contributed by atoms with Crippen LogP contribution in [0.4, 0.5) is 27.6 Å². The number of piperidine rings is 1. The highest BCUT2D eigenvalue weighted by Crippen LogP contribution is 2.41. The lowest BCUT2D eigenvalue weighted by atomic mass is 9.73. The first kappa shape index (κ1) is 28.5. The van der Waals surface area contributed by atoms with Crippen LogP contribution in [0.25, 0.3) is 10.9 Å². The molecule has 3 aromatic rings. The second kappa shape index (κ2) is 12.1. The molecule has 2 aromatic carbocycles. The Kier molecular flexibility index (Phi) is 8.86. The summed E-state index contributed by atoms with van der Waals surface area (Å²) in [6, 6.07) is 6.50. The van der Waals surface area contributed by atoms with E-state index in [1.165, 1.54) is 13.2 Å². The van der Waals surface area contributed by atoms with E-state index in [2.05, 4.69) is 10.3 Å². The van der Waals surface area contributed by atoms with Crippen molar-refractivity contribution in [2.24, 2.45) is 5.41 Å². The van der Waals surface area contributed by atoms with Crippen LogP contribution in [0.5, 0.6) is 5.75 Å². The van der Waals surface area contributed by atoms with Crippen molar-refractivity contribution >= 4 is 22.5 Å². The van der Waals surface area contributed by atoms with Crippen molar-refractivity contribution in [2.45, 2.75) is 31.9 Å². The summed E-state index contributed by atoms with van der Waals surface area (Å²) in [6.45, 7) is 1.62. The van der Waals surface area contributed by atoms with Gasteiger partial charge in [0.05, 0.1) is 24.2 Å². The zero-order valence-electron chi connectivity index (χ0n) is 21.2. The van der Waals surface area contributed by atoms with Crippen LogP contribution in [-0.2, 0) is 4.79 Å². The summed E-state index contributed by atoms with van der Waals surface area (Å²) in [4.78, 5) is 18.7. The fraction of sp³-hybridized carbons (Fsp3) is 0.407. The molecule has 0 spiro atoms. The average molecular weight is 553 g/mol. The number of fused-ring (bicyclic) bond motifs is 1. The second-order valence-electron chi connectivity index (χ2n) is 9.65. The van der Waals surface area contributed by atoms with Gasteiger partial charge in [0.25, 0.3) is 0 Å². The summed E-state index contributed by atoms with van der Waals surface area (Å²) in [5.74, 6) is -5.12. The van der Waals surface area contributed by atoms with Crippen LogP contribution >= 0.6 is 0 Å². The number of hydrogen-bond acceptors (Lipinski definition) is 6. The summed E-state index contributed by atoms with van der Waals surface area (Å²) in [6.07, 6.45) is -0.255. The lowest BCUT2D eigenvalue weighted by molar-refractivity contribution is -0.143. The highest BCUT2D eigenvalue weighted by atomic mass is 19.2. The number of ether oxygens (including phenoxy) is 1. The Balaban J connectivity index is 1.39. The number of rotatable bonds is 10. The third-order valence-electron chi connectivity index (χ3n) is 7.40. The fourth-order valence-corrected chi connectivity index (χ4v) is 5.09. The van der Waals surface area contributed by atoms with Gasteiger partial charge in [-0.3, -0.25) is 15.0 Å². The molecular formula is C27H29F5N4O3. The third kappa shape index (κ3) is 6.22. The quantitative estimate of drug-likeness (QED) is 0.137. The number of anilines is 1. The highest BCUT2D eigenvalue weighted by Gasteiger charge is 2.41. The molecule has 1 aliphatic heterocycles. The zero-order valence-corrected chi connectivity index (χ0v) is 21.2. The molecule has 2 heterocycles. The van der Waals surface area contributed by atoms with Gasteiger partial charge in [0, 0.05) is 41.9 Å². The maximum absolute atomic E-state index is 15.5. The number of hydroxylamine groups is 1. The van der Waals surface area contributed by atoms with Gasteiger partial charge in [-0.05, 0) is 57.0 Å². The maximum Gasteiger partial charge on any atom is 0.249 e. The average Bonchev–Trinajstić information content (AvgIpc) is 2.94. The van der Waals surface area contributed by atoms with Crippen LogP contribution in [0.3, 0.4) is 0 Å². The first-order chi connectivity index (χ1) is 18.7. The SMILES string of the molecule is COc1ccc2ncc(F)c([C@H](F)CCC3(C(=O)NO)CCN(CCNc4cc(F)c(F)c(F)c4)CC3)c2c1. The number of likely N-dealkylation sites (tertiary alicyclic amines) is 1. The minimum Gasteiger partial charge on any atom is -0.497 e. The predicted molar refractivity (Wildman–Crippen MR) is 134 cm³/mol. The molecule has 1 fully saturated rings. The molecule has 39 heavy (non-hydrogen) atoms. The highest BCUT2D eigenvalue weighted by molar-refractivity contribution is 5.84. The summed E-state index contributed by atoms with van der Waals surface area (Å²) in [5, 5.41) is 12.5. The normalized spacial score (nSPS) is 16.2. The number of nitrogens with one attached hydrogen (secondary N) is 2. The third-order valence-corrected chi connectivity index (χ3v) is 7.40. The number of pyridine rings is 1. The zero-order chi connectivity index (χ0) is 28.2. The van der Waals surface area contributed by atoms with Gasteiger partial charge >= 0.3 is 0 Å². The topological polar surface area (TPSA) is 86.7 Å². The van der Waals surface area contributed by atoms with Crippen molar-refractivity contribution in [1.82, 2.24) is 15.4 Å². The van der Waals surface area contributed by atoms with Gasteiger partial charge in [-0.25, -0.2) is 27.4 Å². The number of carbonyl (C=O) groups is 1. The maximum atomic E-state index is 15.5. The molecule has 1 aromatic heterocycles. The first-order valence-electron chi connectivity index (χ1n) is 12.5. The van der Waals surface area contributed by atoms with E-state index >= 15 is 4.39 Å². The summed E-state index contributed by atoms with van der Waals surface area (Å²) < 4.78 is 75.4. The summed E-state index contributed by atoms with van der Waals surface area (Å²) in [5.41, 5.74) is 0.977. The van der Waals surface area contributed by atoms with Gasteiger partial charge in [-0.1, -0.05) is 0 Å². The number of alkyl halides is 1. The predicted octanol–water partition coefficient (Wildman–Crippen LogP) is 5.29. The van der Waals surface area contributed by atoms with Crippen molar-refractivity contribution in [3.63, 3.8) is 0 Å². The van der Waals surface area contributed by atoms with E-state index in [0.29, 0.717) is 50.3 Å². The van der Waals surface area contributed by atoms with E-state index in [4.69, 9.17) is 4.74 Å². The van der Waals surface area contributed by atoms with Crippen molar-refractivity contribution in [3.05, 3.63) is 65.4 Å². The molecule has 0 unspecified atom stereocenters. The van der Waals surface area contributed by atoms with Crippen molar-refractivity contribution < 1.29 is 36.7 Å². The number of aromatic nitrogens is 1. The van der Waals surface area contributed by atoms with Gasteiger partial charge in [0.1, 0.15) is 17.7 Å². The lowest BCUT2D eigenvalue weighted by Crippen LogP contribution is -2.49. The number of halogens is 5. The molecule has 12 heteroatoms. The first-order valence-corrected chi connectivity index (χ1v) is 12.5. The number of carbonyl (C=O) groups excluding carboxylic acids is 1. The van der Waals surface area contributed by atoms with Crippen molar-refractivity contribution in [1.29, 1.82) is 0 Å². The Labute approximate surface area is 221 Å². The minimum absolute atomic E-state index is 0.0635. The van der Waals surface area contributed by atoms with Crippen LogP contribution in [-0.4, -0.2) is 54.3 Å². The number of methoxy groups -OCH3 is 1. The molecule has 210 valence electrons. The molecular weight excluding hydrogens is 523 g/mol. The molecule has 1 amide bonds. The van der Waals surface area contributed by atoms with Crippen LogP contribution in [0.15, 0.2) is 36.5 Å². The van der Waals surface area contributed by atoms with Crippen LogP contribution in [0.2, 0.25) is 0 Å². The Morgan fingerprint density at radius 3 is 2.46 bits per heavy atom. The van der Waals surface area contributed by atoms with E-state index < -0.39 is 40.8 Å². The Bertz CT molecular complexity index is 1310. The number of benzene rings is 2. The van der Waals surface area contributed by atoms with E-state index in [0.717, 1.165) is 18.3 Å².